The van der Waals surface area contributed by atoms with Crippen molar-refractivity contribution in [3.8, 4) is 5.75 Å². The van der Waals surface area contributed by atoms with Crippen molar-refractivity contribution in [3.63, 3.8) is 0 Å². The topological polar surface area (TPSA) is 86.2 Å². The number of carbonyl (C=O) groups is 2. The van der Waals surface area contributed by atoms with Crippen LogP contribution in [-0.4, -0.2) is 84.8 Å². The van der Waals surface area contributed by atoms with Gasteiger partial charge in [-0.1, -0.05) is 23.7 Å². The van der Waals surface area contributed by atoms with Gasteiger partial charge in [0.25, 0.3) is 17.4 Å². The molecule has 226 valence electrons. The highest BCUT2D eigenvalue weighted by Crippen LogP contribution is 2.41. The Morgan fingerprint density at radius 2 is 1.83 bits per heavy atom. The summed E-state index contributed by atoms with van der Waals surface area (Å²) in [5.41, 5.74) is -3.92. The first-order valence-corrected chi connectivity index (χ1v) is 14.0. The van der Waals surface area contributed by atoms with E-state index in [4.69, 9.17) is 16.3 Å². The van der Waals surface area contributed by atoms with Crippen LogP contribution in [0.1, 0.15) is 55.5 Å². The second-order valence-corrected chi connectivity index (χ2v) is 11.1. The number of hydrogen-bond donors (Lipinski definition) is 1. The number of rotatable bonds is 10. The lowest BCUT2D eigenvalue weighted by Gasteiger charge is -2.34. The molecule has 0 bridgehead atoms. The van der Waals surface area contributed by atoms with Crippen LogP contribution in [0.5, 0.6) is 5.75 Å². The minimum absolute atomic E-state index is 0.0268. The Morgan fingerprint density at radius 3 is 2.39 bits per heavy atom. The Balaban J connectivity index is 1.55. The Labute approximate surface area is 244 Å². The number of anilines is 1. The number of pyridine rings is 1. The Kier molecular flexibility index (Phi) is 10.5. The molecule has 1 aromatic heterocycles. The molecular formula is C29H38ClF3N4O4. The summed E-state index contributed by atoms with van der Waals surface area (Å²) < 4.78 is 47.0. The van der Waals surface area contributed by atoms with Gasteiger partial charge < -0.3 is 24.5 Å². The number of piperidine rings is 1. The van der Waals surface area contributed by atoms with Crippen LogP contribution in [0.15, 0.2) is 36.4 Å². The molecule has 1 aromatic carbocycles. The summed E-state index contributed by atoms with van der Waals surface area (Å²) in [4.78, 5) is 34.6. The smallest absolute Gasteiger partial charge is 0.430 e. The molecule has 8 nitrogen and oxygen atoms in total. The number of methoxy groups -OCH3 is 1. The molecule has 0 radical (unpaired) electrons. The molecule has 0 aliphatic carbocycles. The van der Waals surface area contributed by atoms with Gasteiger partial charge in [0.05, 0.1) is 12.7 Å². The van der Waals surface area contributed by atoms with Crippen LogP contribution in [0.4, 0.5) is 19.0 Å². The predicted octanol–water partition coefficient (Wildman–Crippen LogP) is 5.13. The molecule has 0 spiro atoms. The Morgan fingerprint density at radius 1 is 1.17 bits per heavy atom. The third-order valence-electron chi connectivity index (χ3n) is 7.76. The van der Waals surface area contributed by atoms with Crippen molar-refractivity contribution in [2.24, 2.45) is 5.92 Å². The summed E-state index contributed by atoms with van der Waals surface area (Å²) in [7, 11) is 4.28. The molecule has 1 fully saturated rings. The van der Waals surface area contributed by atoms with E-state index in [9.17, 15) is 27.9 Å². The fraction of sp³-hybridized carbons (Fsp3) is 0.552. The van der Waals surface area contributed by atoms with Crippen molar-refractivity contribution in [1.29, 1.82) is 0 Å². The van der Waals surface area contributed by atoms with Gasteiger partial charge in [0, 0.05) is 45.3 Å². The first-order chi connectivity index (χ1) is 19.2. The maximum atomic E-state index is 14.0. The van der Waals surface area contributed by atoms with Crippen LogP contribution in [0.25, 0.3) is 0 Å². The van der Waals surface area contributed by atoms with E-state index < -0.39 is 23.2 Å². The molecule has 2 amide bonds. The first kappa shape index (κ1) is 32.5. The second kappa shape index (κ2) is 13.3. The SMILES string of the molecule is COc1cccc(C(O)(C(=O)N(C)CCCC2CCN(c3ccc(C(=O)N(C)C(C)C)c(Cl)n3)CC2)C(F)(F)F)c1. The molecule has 1 atom stereocenters. The number of halogens is 4. The van der Waals surface area contributed by atoms with Gasteiger partial charge in [-0.2, -0.15) is 13.2 Å². The molecule has 1 N–H and O–H groups in total. The zero-order valence-corrected chi connectivity index (χ0v) is 24.8. The average molecular weight is 599 g/mol. The van der Waals surface area contributed by atoms with E-state index in [2.05, 4.69) is 9.88 Å². The van der Waals surface area contributed by atoms with Gasteiger partial charge in [-0.3, -0.25) is 9.59 Å². The molecule has 0 saturated carbocycles. The van der Waals surface area contributed by atoms with E-state index in [-0.39, 0.29) is 29.4 Å². The quantitative estimate of drug-likeness (QED) is 0.382. The number of aromatic nitrogens is 1. The van der Waals surface area contributed by atoms with Crippen LogP contribution in [0.2, 0.25) is 5.15 Å². The van der Waals surface area contributed by atoms with Crippen molar-refractivity contribution in [2.45, 2.75) is 57.3 Å². The molecule has 1 aliphatic rings. The lowest BCUT2D eigenvalue weighted by molar-refractivity contribution is -0.261. The Hall–Kier alpha value is -3.05. The third kappa shape index (κ3) is 7.24. The summed E-state index contributed by atoms with van der Waals surface area (Å²) in [5.74, 6) is -0.509. The summed E-state index contributed by atoms with van der Waals surface area (Å²) in [6.45, 7) is 5.33. The lowest BCUT2D eigenvalue weighted by atomic mass is 9.90. The number of amides is 2. The van der Waals surface area contributed by atoms with Crippen LogP contribution in [0.3, 0.4) is 0 Å². The predicted molar refractivity (Wildman–Crippen MR) is 151 cm³/mol. The van der Waals surface area contributed by atoms with E-state index >= 15 is 0 Å². The van der Waals surface area contributed by atoms with Gasteiger partial charge in [0.1, 0.15) is 16.7 Å². The molecule has 1 saturated heterocycles. The summed E-state index contributed by atoms with van der Waals surface area (Å²) >= 11 is 6.35. The number of benzene rings is 1. The molecule has 2 heterocycles. The number of aliphatic hydroxyl groups is 1. The zero-order chi connectivity index (χ0) is 30.5. The minimum Gasteiger partial charge on any atom is -0.497 e. The fourth-order valence-corrected chi connectivity index (χ4v) is 5.12. The van der Waals surface area contributed by atoms with Crippen molar-refractivity contribution in [3.05, 3.63) is 52.7 Å². The number of likely N-dealkylation sites (N-methyl/N-ethyl adjacent to an activating group) is 1. The summed E-state index contributed by atoms with van der Waals surface area (Å²) in [5, 5.41) is 10.8. The molecule has 1 aliphatic heterocycles. The summed E-state index contributed by atoms with van der Waals surface area (Å²) in [6.07, 6.45) is -2.33. The van der Waals surface area contributed by atoms with E-state index in [1.807, 2.05) is 13.8 Å². The number of alkyl halides is 3. The fourth-order valence-electron chi connectivity index (χ4n) is 4.89. The van der Waals surface area contributed by atoms with Gasteiger partial charge in [-0.25, -0.2) is 4.98 Å². The van der Waals surface area contributed by atoms with Gasteiger partial charge in [0.2, 0.25) is 0 Å². The van der Waals surface area contributed by atoms with Gasteiger partial charge in [-0.15, -0.1) is 0 Å². The van der Waals surface area contributed by atoms with Crippen LogP contribution < -0.4 is 9.64 Å². The average Bonchev–Trinajstić information content (AvgIpc) is 2.95. The van der Waals surface area contributed by atoms with E-state index in [0.717, 1.165) is 36.3 Å². The van der Waals surface area contributed by atoms with Crippen molar-refractivity contribution in [1.82, 2.24) is 14.8 Å². The normalized spacial score (nSPS) is 15.9. The van der Waals surface area contributed by atoms with Gasteiger partial charge in [-0.05, 0) is 69.7 Å². The standard InChI is InChI=1S/C29H38ClF3N4O4/c1-19(2)36(4)26(38)23-11-12-24(34-25(23)30)37-16-13-20(14-17-37)8-7-15-35(3)27(39)28(40,29(31,32)33)21-9-6-10-22(18-21)41-5/h6,9-12,18-20,40H,7-8,13-17H2,1-5H3. The first-order valence-electron chi connectivity index (χ1n) is 13.6. The van der Waals surface area contributed by atoms with E-state index in [1.165, 1.54) is 26.3 Å². The molecular weight excluding hydrogens is 561 g/mol. The van der Waals surface area contributed by atoms with Crippen LogP contribution >= 0.6 is 11.6 Å². The second-order valence-electron chi connectivity index (χ2n) is 10.8. The van der Waals surface area contributed by atoms with Crippen LogP contribution in [0, 0.1) is 5.92 Å². The molecule has 2 aromatic rings. The summed E-state index contributed by atoms with van der Waals surface area (Å²) in [6, 6.07) is 8.33. The number of ether oxygens (including phenoxy) is 1. The van der Waals surface area contributed by atoms with Crippen LogP contribution in [-0.2, 0) is 10.4 Å². The maximum absolute atomic E-state index is 14.0. The zero-order valence-electron chi connectivity index (χ0n) is 24.0. The van der Waals surface area contributed by atoms with Gasteiger partial charge in [0.15, 0.2) is 0 Å². The largest absolute Gasteiger partial charge is 0.497 e. The van der Waals surface area contributed by atoms with Gasteiger partial charge >= 0.3 is 6.18 Å². The molecule has 12 heteroatoms. The highest BCUT2D eigenvalue weighted by molar-refractivity contribution is 6.32. The number of hydrogen-bond acceptors (Lipinski definition) is 6. The molecule has 1 unspecified atom stereocenters. The molecule has 3 rings (SSSR count). The molecule has 41 heavy (non-hydrogen) atoms. The van der Waals surface area contributed by atoms with Crippen molar-refractivity contribution in [2.75, 3.05) is 45.7 Å². The van der Waals surface area contributed by atoms with Crippen molar-refractivity contribution >= 4 is 29.2 Å². The van der Waals surface area contributed by atoms with E-state index in [0.29, 0.717) is 36.8 Å². The third-order valence-corrected chi connectivity index (χ3v) is 8.05. The Bertz CT molecular complexity index is 1220. The maximum Gasteiger partial charge on any atom is 0.430 e. The number of nitrogens with zero attached hydrogens (tertiary/aromatic N) is 4. The number of carbonyl (C=O) groups excluding carboxylic acids is 2. The monoisotopic (exact) mass is 598 g/mol. The van der Waals surface area contributed by atoms with E-state index in [1.54, 1.807) is 24.1 Å². The highest BCUT2D eigenvalue weighted by atomic mass is 35.5. The highest BCUT2D eigenvalue weighted by Gasteiger charge is 2.61. The van der Waals surface area contributed by atoms with Crippen molar-refractivity contribution < 1.29 is 32.6 Å². The lowest BCUT2D eigenvalue weighted by Crippen LogP contribution is -2.55. The minimum atomic E-state index is -5.22.